The largest absolute Gasteiger partial charge is 0.464 e. The number of carbonyl (C=O) groups is 1. The van der Waals surface area contributed by atoms with E-state index in [2.05, 4.69) is 6.92 Å². The second-order valence-corrected chi connectivity index (χ2v) is 4.72. The summed E-state index contributed by atoms with van der Waals surface area (Å²) in [5, 5.41) is 8.60. The molecule has 0 aromatic heterocycles. The molecule has 1 fully saturated rings. The summed E-state index contributed by atoms with van der Waals surface area (Å²) in [4.78, 5) is 10.9. The molecule has 0 spiro atoms. The maximum Gasteiger partial charge on any atom is 0.331 e. The van der Waals surface area contributed by atoms with Crippen LogP contribution in [0.2, 0.25) is 0 Å². The number of carbonyl (C=O) groups excluding carboxylic acids is 1. The minimum Gasteiger partial charge on any atom is -0.464 e. The smallest absolute Gasteiger partial charge is 0.331 e. The summed E-state index contributed by atoms with van der Waals surface area (Å²) in [6.45, 7) is 3.44. The molecule has 100 valence electrons. The first-order valence-electron chi connectivity index (χ1n) is 6.62. The fourth-order valence-corrected chi connectivity index (χ4v) is 1.96. The molecule has 0 aromatic carbocycles. The van der Waals surface area contributed by atoms with Crippen molar-refractivity contribution in [1.82, 2.24) is 0 Å². The van der Waals surface area contributed by atoms with Crippen molar-refractivity contribution in [2.75, 3.05) is 26.4 Å². The number of unbranched alkanes of at least 4 members (excludes halogenated alkanes) is 1. The highest BCUT2D eigenvalue weighted by Gasteiger charge is 2.28. The number of rotatable bonds is 9. The molecule has 0 bridgehead atoms. The molecule has 1 N–H and O–H groups in total. The van der Waals surface area contributed by atoms with Gasteiger partial charge in [0.25, 0.3) is 0 Å². The lowest BCUT2D eigenvalue weighted by atomic mass is 9.76. The molecule has 0 heterocycles. The van der Waals surface area contributed by atoms with E-state index in [0.29, 0.717) is 25.0 Å². The summed E-state index contributed by atoms with van der Waals surface area (Å²) < 4.78 is 10.6. The molecule has 0 amide bonds. The Bertz CT molecular complexity index is 213. The van der Waals surface area contributed by atoms with Crippen molar-refractivity contribution in [3.63, 3.8) is 0 Å². The maximum absolute atomic E-state index is 10.9. The normalized spacial score (nSPS) is 17.5. The van der Waals surface area contributed by atoms with Gasteiger partial charge < -0.3 is 14.6 Å². The summed E-state index contributed by atoms with van der Waals surface area (Å²) in [6.07, 6.45) is 5.89. The number of hydrogen-bond acceptors (Lipinski definition) is 4. The predicted molar refractivity (Wildman–Crippen MR) is 64.6 cm³/mol. The average Bonchev–Trinajstić information content (AvgIpc) is 2.28. The first kappa shape index (κ1) is 14.5. The Morgan fingerprint density at radius 2 is 2.18 bits per heavy atom. The molecule has 1 saturated carbocycles. The third-order valence-electron chi connectivity index (χ3n) is 3.38. The third-order valence-corrected chi connectivity index (χ3v) is 3.38. The molecule has 1 atom stereocenters. The lowest BCUT2D eigenvalue weighted by molar-refractivity contribution is -0.150. The van der Waals surface area contributed by atoms with Gasteiger partial charge in [0, 0.05) is 12.5 Å². The first-order chi connectivity index (χ1) is 8.27. The topological polar surface area (TPSA) is 55.8 Å². The second-order valence-electron chi connectivity index (χ2n) is 4.72. The van der Waals surface area contributed by atoms with Gasteiger partial charge in [-0.15, -0.1) is 0 Å². The van der Waals surface area contributed by atoms with E-state index >= 15 is 0 Å². The zero-order chi connectivity index (χ0) is 12.5. The molecule has 1 rings (SSSR count). The van der Waals surface area contributed by atoms with Crippen LogP contribution < -0.4 is 0 Å². The van der Waals surface area contributed by atoms with Crippen LogP contribution in [-0.4, -0.2) is 37.5 Å². The average molecular weight is 244 g/mol. The van der Waals surface area contributed by atoms with E-state index in [1.165, 1.54) is 19.3 Å². The monoisotopic (exact) mass is 244 g/mol. The van der Waals surface area contributed by atoms with E-state index in [9.17, 15) is 4.79 Å². The van der Waals surface area contributed by atoms with Gasteiger partial charge in [0.05, 0.1) is 13.2 Å². The van der Waals surface area contributed by atoms with Crippen LogP contribution in [-0.2, 0) is 14.3 Å². The molecule has 0 aromatic rings. The molecule has 0 aliphatic heterocycles. The van der Waals surface area contributed by atoms with E-state index in [1.807, 2.05) is 0 Å². The molecule has 4 nitrogen and oxygen atoms in total. The van der Waals surface area contributed by atoms with Crippen molar-refractivity contribution in [1.29, 1.82) is 0 Å². The molecular weight excluding hydrogens is 220 g/mol. The number of esters is 1. The van der Waals surface area contributed by atoms with E-state index in [4.69, 9.17) is 14.6 Å². The van der Waals surface area contributed by atoms with Crippen LogP contribution in [0.4, 0.5) is 0 Å². The van der Waals surface area contributed by atoms with Crippen LogP contribution in [0.3, 0.4) is 0 Å². The Labute approximate surface area is 103 Å². The summed E-state index contributed by atoms with van der Waals surface area (Å²) in [6, 6.07) is 0. The zero-order valence-corrected chi connectivity index (χ0v) is 10.7. The molecule has 4 heteroatoms. The Kier molecular flexibility index (Phi) is 7.21. The van der Waals surface area contributed by atoms with Gasteiger partial charge >= 0.3 is 5.97 Å². The van der Waals surface area contributed by atoms with E-state index < -0.39 is 12.6 Å². The summed E-state index contributed by atoms with van der Waals surface area (Å²) in [7, 11) is 0. The van der Waals surface area contributed by atoms with Gasteiger partial charge in [0.15, 0.2) is 0 Å². The predicted octanol–water partition coefficient (Wildman–Crippen LogP) is 1.75. The highest BCUT2D eigenvalue weighted by Crippen LogP contribution is 2.33. The Morgan fingerprint density at radius 1 is 1.41 bits per heavy atom. The lowest BCUT2D eigenvalue weighted by Crippen LogP contribution is -2.31. The van der Waals surface area contributed by atoms with Gasteiger partial charge in [-0.3, -0.25) is 0 Å². The molecule has 0 radical (unpaired) electrons. The Morgan fingerprint density at radius 3 is 2.71 bits per heavy atom. The quantitative estimate of drug-likeness (QED) is 0.496. The molecule has 1 unspecified atom stereocenters. The highest BCUT2D eigenvalue weighted by molar-refractivity contribution is 5.70. The van der Waals surface area contributed by atoms with Crippen LogP contribution in [0.15, 0.2) is 0 Å². The first-order valence-corrected chi connectivity index (χ1v) is 6.62. The standard InChI is InChI=1S/C13H24O4/c1-2-3-7-16-9-12(11-5-4-6-11)10-17-13(15)8-14/h11-12,14H,2-10H2,1H3. The fraction of sp³-hybridized carbons (Fsp3) is 0.923. The van der Waals surface area contributed by atoms with Crippen LogP contribution in [0.25, 0.3) is 0 Å². The SMILES string of the molecule is CCCCOCC(COC(=O)CO)C1CCC1. The van der Waals surface area contributed by atoms with Gasteiger partial charge in [-0.05, 0) is 25.2 Å². The number of hydrogen-bond donors (Lipinski definition) is 1. The second kappa shape index (κ2) is 8.48. The molecule has 1 aliphatic rings. The van der Waals surface area contributed by atoms with Crippen LogP contribution in [0.5, 0.6) is 0 Å². The van der Waals surface area contributed by atoms with Gasteiger partial charge in [-0.1, -0.05) is 19.8 Å². The van der Waals surface area contributed by atoms with Crippen molar-refractivity contribution in [3.05, 3.63) is 0 Å². The number of ether oxygens (including phenoxy) is 2. The third kappa shape index (κ3) is 5.50. The van der Waals surface area contributed by atoms with Crippen LogP contribution >= 0.6 is 0 Å². The van der Waals surface area contributed by atoms with Crippen molar-refractivity contribution in [2.24, 2.45) is 11.8 Å². The van der Waals surface area contributed by atoms with E-state index in [1.54, 1.807) is 0 Å². The van der Waals surface area contributed by atoms with E-state index in [0.717, 1.165) is 19.4 Å². The van der Waals surface area contributed by atoms with Crippen molar-refractivity contribution < 1.29 is 19.4 Å². The van der Waals surface area contributed by atoms with Gasteiger partial charge in [-0.2, -0.15) is 0 Å². The molecular formula is C13H24O4. The van der Waals surface area contributed by atoms with Crippen molar-refractivity contribution >= 4 is 5.97 Å². The molecule has 1 aliphatic carbocycles. The summed E-state index contributed by atoms with van der Waals surface area (Å²) >= 11 is 0. The number of aliphatic hydroxyl groups is 1. The minimum absolute atomic E-state index is 0.302. The van der Waals surface area contributed by atoms with Crippen molar-refractivity contribution in [3.8, 4) is 0 Å². The molecule has 17 heavy (non-hydrogen) atoms. The highest BCUT2D eigenvalue weighted by atomic mass is 16.5. The zero-order valence-electron chi connectivity index (χ0n) is 10.7. The van der Waals surface area contributed by atoms with Crippen LogP contribution in [0, 0.1) is 11.8 Å². The Balaban J connectivity index is 2.20. The van der Waals surface area contributed by atoms with Gasteiger partial charge in [0.1, 0.15) is 6.61 Å². The molecule has 0 saturated heterocycles. The van der Waals surface area contributed by atoms with Crippen molar-refractivity contribution in [2.45, 2.75) is 39.0 Å². The number of aliphatic hydroxyl groups excluding tert-OH is 1. The van der Waals surface area contributed by atoms with Gasteiger partial charge in [-0.25, -0.2) is 4.79 Å². The van der Waals surface area contributed by atoms with E-state index in [-0.39, 0.29) is 0 Å². The summed E-state index contributed by atoms with van der Waals surface area (Å²) in [5.74, 6) is 0.391. The lowest BCUT2D eigenvalue weighted by Gasteiger charge is -2.33. The maximum atomic E-state index is 10.9. The summed E-state index contributed by atoms with van der Waals surface area (Å²) in [5.41, 5.74) is 0. The fourth-order valence-electron chi connectivity index (χ4n) is 1.96. The minimum atomic E-state index is -0.539. The van der Waals surface area contributed by atoms with Crippen LogP contribution in [0.1, 0.15) is 39.0 Å². The van der Waals surface area contributed by atoms with Gasteiger partial charge in [0.2, 0.25) is 0 Å². The Hall–Kier alpha value is -0.610.